The number of carbonyl (C=O) groups excluding carboxylic acids is 3. The number of carbonyl (C=O) groups is 3. The van der Waals surface area contributed by atoms with Crippen LogP contribution < -0.4 is 0 Å². The van der Waals surface area contributed by atoms with Crippen molar-refractivity contribution in [1.82, 2.24) is 9.80 Å². The molecule has 0 bridgehead atoms. The molecule has 2 amide bonds. The van der Waals surface area contributed by atoms with E-state index in [4.69, 9.17) is 0 Å². The molecule has 1 rings (SSSR count). The van der Waals surface area contributed by atoms with Gasteiger partial charge in [0.1, 0.15) is 6.54 Å². The summed E-state index contributed by atoms with van der Waals surface area (Å²) >= 11 is 0. The van der Waals surface area contributed by atoms with Crippen molar-refractivity contribution in [2.75, 3.05) is 33.3 Å². The first-order valence-corrected chi connectivity index (χ1v) is 6.20. The third-order valence-electron chi connectivity index (χ3n) is 2.89. The Hall–Kier alpha value is -1.59. The molecule has 0 aromatic heterocycles. The van der Waals surface area contributed by atoms with Gasteiger partial charge in [0.05, 0.1) is 13.7 Å². The fourth-order valence-electron chi connectivity index (χ4n) is 1.92. The number of amides is 2. The zero-order chi connectivity index (χ0) is 13.5. The lowest BCUT2D eigenvalue weighted by molar-refractivity contribution is -0.148. The quantitative estimate of drug-likeness (QED) is 0.628. The molecule has 0 aromatic rings. The normalized spacial score (nSPS) is 14.8. The predicted molar refractivity (Wildman–Crippen MR) is 64.7 cm³/mol. The summed E-state index contributed by atoms with van der Waals surface area (Å²) in [6.07, 6.45) is 2.08. The van der Waals surface area contributed by atoms with Crippen LogP contribution >= 0.6 is 0 Å². The highest BCUT2D eigenvalue weighted by molar-refractivity contribution is 5.87. The molecule has 102 valence electrons. The smallest absolute Gasteiger partial charge is 0.325 e. The Bertz CT molecular complexity index is 330. The van der Waals surface area contributed by atoms with Gasteiger partial charge in [-0.15, -0.1) is 0 Å². The fraction of sp³-hybridized carbons (Fsp3) is 0.750. The number of hydrogen-bond acceptors (Lipinski definition) is 4. The van der Waals surface area contributed by atoms with Crippen LogP contribution in [0.1, 0.15) is 26.2 Å². The average Bonchev–Trinajstić information content (AvgIpc) is 2.74. The van der Waals surface area contributed by atoms with Gasteiger partial charge in [0.25, 0.3) is 0 Å². The Morgan fingerprint density at radius 2 is 2.17 bits per heavy atom. The molecule has 0 saturated carbocycles. The van der Waals surface area contributed by atoms with E-state index in [0.29, 0.717) is 19.5 Å². The van der Waals surface area contributed by atoms with Crippen LogP contribution in [0, 0.1) is 0 Å². The maximum Gasteiger partial charge on any atom is 0.325 e. The van der Waals surface area contributed by atoms with Crippen molar-refractivity contribution in [1.29, 1.82) is 0 Å². The fourth-order valence-corrected chi connectivity index (χ4v) is 1.92. The van der Waals surface area contributed by atoms with Crippen LogP contribution in [0.4, 0.5) is 0 Å². The molecule has 0 spiro atoms. The van der Waals surface area contributed by atoms with Crippen LogP contribution in [0.15, 0.2) is 0 Å². The summed E-state index contributed by atoms with van der Waals surface area (Å²) in [5.41, 5.74) is 0. The molecular weight excluding hydrogens is 236 g/mol. The van der Waals surface area contributed by atoms with Crippen molar-refractivity contribution < 1.29 is 19.1 Å². The Kier molecular flexibility index (Phi) is 5.61. The number of esters is 1. The lowest BCUT2D eigenvalue weighted by Gasteiger charge is -2.24. The van der Waals surface area contributed by atoms with Crippen LogP contribution in [0.25, 0.3) is 0 Å². The summed E-state index contributed by atoms with van der Waals surface area (Å²) in [4.78, 5) is 37.6. The highest BCUT2D eigenvalue weighted by atomic mass is 16.5. The van der Waals surface area contributed by atoms with Crippen LogP contribution in [0.5, 0.6) is 0 Å². The molecule has 0 atom stereocenters. The summed E-state index contributed by atoms with van der Waals surface area (Å²) in [5, 5.41) is 0. The van der Waals surface area contributed by atoms with E-state index in [9.17, 15) is 14.4 Å². The standard InChI is InChI=1S/C12H20N2O4/c1-3-6-13(9-12(17)18-2)11(16)8-14-7-4-5-10(14)15/h3-9H2,1-2H3. The number of ether oxygens (including phenoxy) is 1. The average molecular weight is 256 g/mol. The van der Waals surface area contributed by atoms with Crippen LogP contribution in [0.3, 0.4) is 0 Å². The predicted octanol–water partition coefficient (Wildman–Crippen LogP) is 0.0204. The minimum absolute atomic E-state index is 0.0119. The molecule has 6 heteroatoms. The Morgan fingerprint density at radius 3 is 2.67 bits per heavy atom. The molecular formula is C12H20N2O4. The lowest BCUT2D eigenvalue weighted by atomic mass is 10.3. The van der Waals surface area contributed by atoms with E-state index in [2.05, 4.69) is 4.74 Å². The third-order valence-corrected chi connectivity index (χ3v) is 2.89. The first kappa shape index (κ1) is 14.5. The Morgan fingerprint density at radius 1 is 1.44 bits per heavy atom. The summed E-state index contributed by atoms with van der Waals surface area (Å²) in [6, 6.07) is 0. The van der Waals surface area contributed by atoms with Crippen molar-refractivity contribution >= 4 is 17.8 Å². The summed E-state index contributed by atoms with van der Waals surface area (Å²) < 4.78 is 4.55. The van der Waals surface area contributed by atoms with Crippen molar-refractivity contribution in [2.24, 2.45) is 0 Å². The molecule has 0 aliphatic carbocycles. The van der Waals surface area contributed by atoms with Crippen molar-refractivity contribution in [2.45, 2.75) is 26.2 Å². The second-order valence-electron chi connectivity index (χ2n) is 4.31. The molecule has 18 heavy (non-hydrogen) atoms. The molecule has 1 heterocycles. The molecule has 0 N–H and O–H groups in total. The van der Waals surface area contributed by atoms with Gasteiger partial charge in [-0.05, 0) is 12.8 Å². The van der Waals surface area contributed by atoms with E-state index in [1.54, 1.807) is 4.90 Å². The van der Waals surface area contributed by atoms with Crippen molar-refractivity contribution in [3.63, 3.8) is 0 Å². The zero-order valence-electron chi connectivity index (χ0n) is 11.0. The number of hydrogen-bond donors (Lipinski definition) is 0. The number of nitrogens with zero attached hydrogens (tertiary/aromatic N) is 2. The Balaban J connectivity index is 2.53. The second kappa shape index (κ2) is 6.98. The SMILES string of the molecule is CCCN(CC(=O)OC)C(=O)CN1CCCC1=O. The van der Waals surface area contributed by atoms with Crippen LogP contribution in [0.2, 0.25) is 0 Å². The van der Waals surface area contributed by atoms with Gasteiger partial charge >= 0.3 is 5.97 Å². The topological polar surface area (TPSA) is 66.9 Å². The van der Waals surface area contributed by atoms with Gasteiger partial charge < -0.3 is 14.5 Å². The minimum Gasteiger partial charge on any atom is -0.468 e. The largest absolute Gasteiger partial charge is 0.468 e. The molecule has 6 nitrogen and oxygen atoms in total. The van der Waals surface area contributed by atoms with E-state index in [-0.39, 0.29) is 24.9 Å². The first-order valence-electron chi connectivity index (χ1n) is 6.20. The lowest BCUT2D eigenvalue weighted by Crippen LogP contribution is -2.43. The van der Waals surface area contributed by atoms with Gasteiger partial charge in [-0.25, -0.2) is 0 Å². The van der Waals surface area contributed by atoms with Gasteiger partial charge in [-0.1, -0.05) is 6.92 Å². The molecule has 0 aromatic carbocycles. The van der Waals surface area contributed by atoms with Crippen LogP contribution in [-0.4, -0.2) is 60.9 Å². The zero-order valence-corrected chi connectivity index (χ0v) is 11.0. The van der Waals surface area contributed by atoms with Crippen molar-refractivity contribution in [3.8, 4) is 0 Å². The molecule has 1 aliphatic heterocycles. The number of methoxy groups -OCH3 is 1. The van der Waals surface area contributed by atoms with Crippen molar-refractivity contribution in [3.05, 3.63) is 0 Å². The molecule has 1 aliphatic rings. The minimum atomic E-state index is -0.440. The first-order chi connectivity index (χ1) is 8.58. The van der Waals surface area contributed by atoms with Gasteiger partial charge in [-0.2, -0.15) is 0 Å². The highest BCUT2D eigenvalue weighted by Gasteiger charge is 2.25. The van der Waals surface area contributed by atoms with E-state index >= 15 is 0 Å². The Labute approximate surface area is 107 Å². The maximum atomic E-state index is 12.0. The van der Waals surface area contributed by atoms with Gasteiger partial charge in [0.15, 0.2) is 0 Å². The van der Waals surface area contributed by atoms with Gasteiger partial charge in [-0.3, -0.25) is 14.4 Å². The van der Waals surface area contributed by atoms with E-state index in [1.807, 2.05) is 6.92 Å². The molecule has 1 fully saturated rings. The third kappa shape index (κ3) is 4.01. The number of rotatable bonds is 6. The summed E-state index contributed by atoms with van der Waals surface area (Å²) in [7, 11) is 1.29. The summed E-state index contributed by atoms with van der Waals surface area (Å²) in [6.45, 7) is 3.07. The summed E-state index contributed by atoms with van der Waals surface area (Å²) in [5.74, 6) is -0.625. The maximum absolute atomic E-state index is 12.0. The van der Waals surface area contributed by atoms with E-state index in [1.165, 1.54) is 12.0 Å². The molecule has 1 saturated heterocycles. The highest BCUT2D eigenvalue weighted by Crippen LogP contribution is 2.09. The van der Waals surface area contributed by atoms with Gasteiger partial charge in [0, 0.05) is 19.5 Å². The van der Waals surface area contributed by atoms with E-state index < -0.39 is 5.97 Å². The second-order valence-corrected chi connectivity index (χ2v) is 4.31. The molecule has 0 unspecified atom stereocenters. The monoisotopic (exact) mass is 256 g/mol. The van der Waals surface area contributed by atoms with E-state index in [0.717, 1.165) is 12.8 Å². The number of likely N-dealkylation sites (tertiary alicyclic amines) is 1. The van der Waals surface area contributed by atoms with Crippen LogP contribution in [-0.2, 0) is 19.1 Å². The van der Waals surface area contributed by atoms with Gasteiger partial charge in [0.2, 0.25) is 11.8 Å². The molecule has 0 radical (unpaired) electrons.